The minimum atomic E-state index is -0.402. The summed E-state index contributed by atoms with van der Waals surface area (Å²) in [5, 5.41) is 7.02. The fourth-order valence-electron chi connectivity index (χ4n) is 2.30. The summed E-state index contributed by atoms with van der Waals surface area (Å²) >= 11 is 3.39. The summed E-state index contributed by atoms with van der Waals surface area (Å²) in [7, 11) is 1.55. The van der Waals surface area contributed by atoms with Crippen molar-refractivity contribution >= 4 is 21.8 Å². The minimum absolute atomic E-state index is 0.0309. The molecule has 0 atom stereocenters. The Labute approximate surface area is 158 Å². The average molecular weight is 419 g/mol. The normalized spacial score (nSPS) is 10.7. The molecule has 0 bridgehead atoms. The maximum atomic E-state index is 13.3. The van der Waals surface area contributed by atoms with E-state index in [0.29, 0.717) is 24.5 Å². The number of methoxy groups -OCH3 is 1. The van der Waals surface area contributed by atoms with Gasteiger partial charge in [0.1, 0.15) is 5.82 Å². The lowest BCUT2D eigenvalue weighted by atomic mass is 10.2. The maximum absolute atomic E-state index is 13.3. The molecule has 0 saturated heterocycles. The van der Waals surface area contributed by atoms with Gasteiger partial charge in [-0.15, -0.1) is 5.10 Å². The SMILES string of the molecule is COCCNC(=O)c1nc(-c2ccc(F)cc2)n(-c2ccc(Br)cc2)n1. The third-order valence-corrected chi connectivity index (χ3v) is 4.10. The second kappa shape index (κ2) is 8.20. The van der Waals surface area contributed by atoms with Crippen LogP contribution < -0.4 is 5.32 Å². The van der Waals surface area contributed by atoms with E-state index in [0.717, 1.165) is 10.2 Å². The second-order valence-corrected chi connectivity index (χ2v) is 6.32. The summed E-state index contributed by atoms with van der Waals surface area (Å²) in [5.41, 5.74) is 1.38. The van der Waals surface area contributed by atoms with Gasteiger partial charge in [-0.25, -0.2) is 14.1 Å². The van der Waals surface area contributed by atoms with Crippen LogP contribution in [0, 0.1) is 5.82 Å². The quantitative estimate of drug-likeness (QED) is 0.624. The molecule has 0 spiro atoms. The van der Waals surface area contributed by atoms with Crippen LogP contribution in [0.3, 0.4) is 0 Å². The summed E-state index contributed by atoms with van der Waals surface area (Å²) in [6, 6.07) is 13.3. The van der Waals surface area contributed by atoms with E-state index in [4.69, 9.17) is 4.74 Å². The van der Waals surface area contributed by atoms with Crippen molar-refractivity contribution in [1.82, 2.24) is 20.1 Å². The first-order valence-electron chi connectivity index (χ1n) is 7.84. The van der Waals surface area contributed by atoms with Crippen LogP contribution in [0.4, 0.5) is 4.39 Å². The molecule has 134 valence electrons. The van der Waals surface area contributed by atoms with Crippen LogP contribution in [0.2, 0.25) is 0 Å². The van der Waals surface area contributed by atoms with Crippen molar-refractivity contribution in [3.63, 3.8) is 0 Å². The Balaban J connectivity index is 2.01. The van der Waals surface area contributed by atoms with Crippen LogP contribution in [-0.2, 0) is 4.74 Å². The highest BCUT2D eigenvalue weighted by Gasteiger charge is 2.18. The zero-order valence-corrected chi connectivity index (χ0v) is 15.5. The van der Waals surface area contributed by atoms with Gasteiger partial charge >= 0.3 is 0 Å². The van der Waals surface area contributed by atoms with Crippen LogP contribution >= 0.6 is 15.9 Å². The summed E-state index contributed by atoms with van der Waals surface area (Å²) in [5.74, 6) is -0.269. The van der Waals surface area contributed by atoms with Gasteiger partial charge in [0.15, 0.2) is 5.82 Å². The van der Waals surface area contributed by atoms with Gasteiger partial charge in [-0.1, -0.05) is 15.9 Å². The van der Waals surface area contributed by atoms with Gasteiger partial charge < -0.3 is 10.1 Å². The van der Waals surface area contributed by atoms with E-state index >= 15 is 0 Å². The Kier molecular flexibility index (Phi) is 5.75. The molecule has 1 heterocycles. The van der Waals surface area contributed by atoms with E-state index in [1.165, 1.54) is 12.1 Å². The highest BCUT2D eigenvalue weighted by molar-refractivity contribution is 9.10. The Morgan fingerprint density at radius 3 is 2.54 bits per heavy atom. The Bertz CT molecular complexity index is 832. The Morgan fingerprint density at radius 1 is 1.19 bits per heavy atom. The van der Waals surface area contributed by atoms with E-state index in [1.807, 2.05) is 24.3 Å². The number of carbonyl (C=O) groups excluding carboxylic acids is 1. The number of aromatic nitrogens is 3. The van der Waals surface area contributed by atoms with Crippen molar-refractivity contribution in [2.45, 2.75) is 0 Å². The van der Waals surface area contributed by atoms with Crippen LogP contribution in [0.5, 0.6) is 0 Å². The second-order valence-electron chi connectivity index (χ2n) is 5.40. The zero-order valence-electron chi connectivity index (χ0n) is 13.9. The van der Waals surface area contributed by atoms with Gasteiger partial charge in [-0.2, -0.15) is 0 Å². The van der Waals surface area contributed by atoms with Crippen molar-refractivity contribution in [2.24, 2.45) is 0 Å². The summed E-state index contributed by atoms with van der Waals surface area (Å²) in [6.45, 7) is 0.748. The fourth-order valence-corrected chi connectivity index (χ4v) is 2.57. The van der Waals surface area contributed by atoms with E-state index in [1.54, 1.807) is 23.9 Å². The monoisotopic (exact) mass is 418 g/mol. The third kappa shape index (κ3) is 4.14. The van der Waals surface area contributed by atoms with Crippen molar-refractivity contribution in [3.05, 3.63) is 64.6 Å². The first kappa shape index (κ1) is 18.2. The molecule has 6 nitrogen and oxygen atoms in total. The van der Waals surface area contributed by atoms with Crippen LogP contribution in [0.15, 0.2) is 53.0 Å². The van der Waals surface area contributed by atoms with Gasteiger partial charge in [0.2, 0.25) is 5.82 Å². The molecule has 0 fully saturated rings. The molecule has 3 aromatic rings. The van der Waals surface area contributed by atoms with E-state index in [2.05, 4.69) is 31.3 Å². The highest BCUT2D eigenvalue weighted by atomic mass is 79.9. The molecule has 0 unspecified atom stereocenters. The molecular weight excluding hydrogens is 403 g/mol. The van der Waals surface area contributed by atoms with E-state index in [-0.39, 0.29) is 11.6 Å². The summed E-state index contributed by atoms with van der Waals surface area (Å²) < 4.78 is 20.6. The molecule has 8 heteroatoms. The Hall–Kier alpha value is -2.58. The molecule has 0 saturated carbocycles. The number of rotatable bonds is 6. The summed E-state index contributed by atoms with van der Waals surface area (Å²) in [4.78, 5) is 16.6. The van der Waals surface area contributed by atoms with Gasteiger partial charge in [-0.05, 0) is 48.5 Å². The predicted molar refractivity (Wildman–Crippen MR) is 98.7 cm³/mol. The number of halogens is 2. The topological polar surface area (TPSA) is 69.0 Å². The van der Waals surface area contributed by atoms with Gasteiger partial charge in [0, 0.05) is 23.7 Å². The third-order valence-electron chi connectivity index (χ3n) is 3.58. The maximum Gasteiger partial charge on any atom is 0.291 e. The molecule has 0 aliphatic heterocycles. The largest absolute Gasteiger partial charge is 0.383 e. The molecular formula is C18H16BrFN4O2. The molecule has 1 aromatic heterocycles. The number of carbonyl (C=O) groups is 1. The molecule has 1 N–H and O–H groups in total. The van der Waals surface area contributed by atoms with Gasteiger partial charge in [-0.3, -0.25) is 4.79 Å². The average Bonchev–Trinajstić information content (AvgIpc) is 3.08. The lowest BCUT2D eigenvalue weighted by molar-refractivity contribution is 0.0927. The number of hydrogen-bond acceptors (Lipinski definition) is 4. The number of nitrogens with one attached hydrogen (secondary N) is 1. The van der Waals surface area contributed by atoms with Crippen LogP contribution in [0.25, 0.3) is 17.1 Å². The zero-order chi connectivity index (χ0) is 18.5. The molecule has 0 aliphatic carbocycles. The lowest BCUT2D eigenvalue weighted by Crippen LogP contribution is -2.28. The first-order chi connectivity index (χ1) is 12.6. The molecule has 0 aliphatic rings. The lowest BCUT2D eigenvalue weighted by Gasteiger charge is -2.06. The number of amides is 1. The smallest absolute Gasteiger partial charge is 0.291 e. The van der Waals surface area contributed by atoms with Crippen molar-refractivity contribution < 1.29 is 13.9 Å². The molecule has 1 amide bonds. The molecule has 26 heavy (non-hydrogen) atoms. The van der Waals surface area contributed by atoms with E-state index < -0.39 is 5.91 Å². The van der Waals surface area contributed by atoms with Gasteiger partial charge in [0.05, 0.1) is 12.3 Å². The predicted octanol–water partition coefficient (Wildman–Crippen LogP) is 3.21. The van der Waals surface area contributed by atoms with Crippen LogP contribution in [-0.4, -0.2) is 40.9 Å². The van der Waals surface area contributed by atoms with Crippen molar-refractivity contribution in [1.29, 1.82) is 0 Å². The molecule has 3 rings (SSSR count). The standard InChI is InChI=1S/C18H16BrFN4O2/c1-26-11-10-21-18(25)16-22-17(12-2-6-14(20)7-3-12)24(23-16)15-8-4-13(19)5-9-15/h2-9H,10-11H2,1H3,(H,21,25). The van der Waals surface area contributed by atoms with Crippen molar-refractivity contribution in [3.8, 4) is 17.1 Å². The summed E-state index contributed by atoms with van der Waals surface area (Å²) in [6.07, 6.45) is 0. The highest BCUT2D eigenvalue weighted by Crippen LogP contribution is 2.22. The van der Waals surface area contributed by atoms with Crippen LogP contribution in [0.1, 0.15) is 10.6 Å². The number of benzene rings is 2. The first-order valence-corrected chi connectivity index (χ1v) is 8.64. The minimum Gasteiger partial charge on any atom is -0.383 e. The van der Waals surface area contributed by atoms with Crippen molar-refractivity contribution in [2.75, 3.05) is 20.3 Å². The Morgan fingerprint density at radius 2 is 1.88 bits per heavy atom. The number of hydrogen-bond donors (Lipinski definition) is 1. The van der Waals surface area contributed by atoms with Gasteiger partial charge in [0.25, 0.3) is 5.91 Å². The number of nitrogens with zero attached hydrogens (tertiary/aromatic N) is 3. The molecule has 0 radical (unpaired) electrons. The molecule has 2 aromatic carbocycles. The van der Waals surface area contributed by atoms with E-state index in [9.17, 15) is 9.18 Å². The fraction of sp³-hybridized carbons (Fsp3) is 0.167. The number of ether oxygens (including phenoxy) is 1.